The smallest absolute Gasteiger partial charge is 0.123 e. The number of halogens is 1. The van der Waals surface area contributed by atoms with Gasteiger partial charge >= 0.3 is 0 Å². The first-order valence-electron chi connectivity index (χ1n) is 5.91. The Morgan fingerprint density at radius 3 is 2.67 bits per heavy atom. The molecular weight excluding hydrogens is 237 g/mol. The van der Waals surface area contributed by atoms with Crippen LogP contribution >= 0.6 is 0 Å². The van der Waals surface area contributed by atoms with Gasteiger partial charge in [-0.3, -0.25) is 0 Å². The zero-order valence-corrected chi connectivity index (χ0v) is 10.6. The van der Waals surface area contributed by atoms with Crippen LogP contribution in [0.2, 0.25) is 0 Å². The highest BCUT2D eigenvalue weighted by Crippen LogP contribution is 2.16. The van der Waals surface area contributed by atoms with Crippen LogP contribution in [0.1, 0.15) is 11.7 Å². The van der Waals surface area contributed by atoms with Crippen molar-refractivity contribution in [1.29, 1.82) is 0 Å². The van der Waals surface area contributed by atoms with Crippen LogP contribution in [0.4, 0.5) is 4.39 Å². The van der Waals surface area contributed by atoms with Gasteiger partial charge in [-0.1, -0.05) is 12.1 Å². The molecule has 0 radical (unpaired) electrons. The number of rotatable bonds is 9. The van der Waals surface area contributed by atoms with Crippen molar-refractivity contribution in [2.24, 2.45) is 5.73 Å². The van der Waals surface area contributed by atoms with Gasteiger partial charge in [-0.15, -0.1) is 0 Å². The van der Waals surface area contributed by atoms with Crippen LogP contribution < -0.4 is 5.73 Å². The fraction of sp³-hybridized carbons (Fsp3) is 0.538. The van der Waals surface area contributed by atoms with Gasteiger partial charge < -0.3 is 19.9 Å². The van der Waals surface area contributed by atoms with Gasteiger partial charge in [0, 0.05) is 13.7 Å². The highest BCUT2D eigenvalue weighted by molar-refractivity contribution is 5.19. The molecule has 0 aliphatic carbocycles. The second-order valence-corrected chi connectivity index (χ2v) is 3.76. The first kappa shape index (κ1) is 15.0. The summed E-state index contributed by atoms with van der Waals surface area (Å²) in [6.45, 7) is 2.29. The van der Waals surface area contributed by atoms with Crippen LogP contribution in [0.3, 0.4) is 0 Å². The minimum atomic E-state index is -0.299. The van der Waals surface area contributed by atoms with Crippen LogP contribution in [0.15, 0.2) is 24.3 Å². The quantitative estimate of drug-likeness (QED) is 0.681. The highest BCUT2D eigenvalue weighted by Gasteiger charge is 2.10. The summed E-state index contributed by atoms with van der Waals surface area (Å²) < 4.78 is 28.7. The van der Waals surface area contributed by atoms with Gasteiger partial charge in [-0.05, 0) is 17.7 Å². The van der Waals surface area contributed by atoms with Crippen molar-refractivity contribution in [2.75, 3.05) is 40.1 Å². The van der Waals surface area contributed by atoms with E-state index in [9.17, 15) is 4.39 Å². The monoisotopic (exact) mass is 257 g/mol. The third kappa shape index (κ3) is 5.55. The van der Waals surface area contributed by atoms with Crippen molar-refractivity contribution in [3.05, 3.63) is 35.6 Å². The topological polar surface area (TPSA) is 53.7 Å². The van der Waals surface area contributed by atoms with Crippen LogP contribution in [0.25, 0.3) is 0 Å². The fourth-order valence-corrected chi connectivity index (χ4v) is 1.50. The summed E-state index contributed by atoms with van der Waals surface area (Å²) in [6.07, 6.45) is -0.299. The molecule has 1 aromatic carbocycles. The average molecular weight is 257 g/mol. The molecule has 0 aromatic heterocycles. The highest BCUT2D eigenvalue weighted by atomic mass is 19.1. The van der Waals surface area contributed by atoms with E-state index in [0.717, 1.165) is 5.56 Å². The Labute approximate surface area is 107 Å². The maximum Gasteiger partial charge on any atom is 0.123 e. The summed E-state index contributed by atoms with van der Waals surface area (Å²) in [5.41, 5.74) is 6.35. The molecule has 0 amide bonds. The Morgan fingerprint density at radius 2 is 2.00 bits per heavy atom. The third-order valence-corrected chi connectivity index (χ3v) is 2.41. The number of hydrogen-bond acceptors (Lipinski definition) is 4. The molecule has 0 fully saturated rings. The molecule has 102 valence electrons. The van der Waals surface area contributed by atoms with E-state index < -0.39 is 0 Å². The first-order valence-corrected chi connectivity index (χ1v) is 5.91. The number of ether oxygens (including phenoxy) is 3. The summed E-state index contributed by atoms with van der Waals surface area (Å²) in [5, 5.41) is 0. The van der Waals surface area contributed by atoms with Crippen molar-refractivity contribution in [3.63, 3.8) is 0 Å². The molecule has 0 spiro atoms. The zero-order valence-electron chi connectivity index (χ0n) is 10.6. The molecule has 1 rings (SSSR count). The predicted octanol–water partition coefficient (Wildman–Crippen LogP) is 1.51. The summed E-state index contributed by atoms with van der Waals surface area (Å²) in [4.78, 5) is 0. The molecule has 0 heterocycles. The summed E-state index contributed by atoms with van der Waals surface area (Å²) in [6, 6.07) is 6.27. The second-order valence-electron chi connectivity index (χ2n) is 3.76. The Morgan fingerprint density at radius 1 is 1.22 bits per heavy atom. The Hall–Kier alpha value is -1.01. The van der Waals surface area contributed by atoms with Gasteiger partial charge in [-0.25, -0.2) is 4.39 Å². The summed E-state index contributed by atoms with van der Waals surface area (Å²) in [7, 11) is 1.62. The van der Waals surface area contributed by atoms with E-state index in [1.807, 2.05) is 0 Å². The van der Waals surface area contributed by atoms with Crippen LogP contribution in [-0.4, -0.2) is 40.1 Å². The van der Waals surface area contributed by atoms with E-state index in [0.29, 0.717) is 33.0 Å². The molecule has 2 N–H and O–H groups in total. The molecule has 1 aromatic rings. The summed E-state index contributed by atoms with van der Waals surface area (Å²) in [5.74, 6) is -0.286. The lowest BCUT2D eigenvalue weighted by Crippen LogP contribution is -2.18. The van der Waals surface area contributed by atoms with Crippen molar-refractivity contribution in [1.82, 2.24) is 0 Å². The molecular formula is C13H20FNO3. The Balaban J connectivity index is 2.29. The SMILES string of the molecule is COCCOCCOC(CN)c1cccc(F)c1. The molecule has 4 nitrogen and oxygen atoms in total. The summed E-state index contributed by atoms with van der Waals surface area (Å²) >= 11 is 0. The predicted molar refractivity (Wildman–Crippen MR) is 66.8 cm³/mol. The van der Waals surface area contributed by atoms with Gasteiger partial charge in [0.05, 0.1) is 32.5 Å². The molecule has 0 aliphatic heterocycles. The Kier molecular flexibility index (Phi) is 7.52. The van der Waals surface area contributed by atoms with Crippen LogP contribution in [0.5, 0.6) is 0 Å². The number of nitrogens with two attached hydrogens (primary N) is 1. The van der Waals surface area contributed by atoms with Crippen molar-refractivity contribution in [3.8, 4) is 0 Å². The second kappa shape index (κ2) is 8.99. The minimum Gasteiger partial charge on any atom is -0.382 e. The number of benzene rings is 1. The maximum atomic E-state index is 13.1. The van der Waals surface area contributed by atoms with Crippen molar-refractivity contribution in [2.45, 2.75) is 6.10 Å². The van der Waals surface area contributed by atoms with Gasteiger partial charge in [0.15, 0.2) is 0 Å². The molecule has 18 heavy (non-hydrogen) atoms. The van der Waals surface area contributed by atoms with E-state index in [2.05, 4.69) is 0 Å². The first-order chi connectivity index (χ1) is 8.77. The van der Waals surface area contributed by atoms with Crippen molar-refractivity contribution >= 4 is 0 Å². The van der Waals surface area contributed by atoms with Crippen LogP contribution in [0, 0.1) is 5.82 Å². The number of methoxy groups -OCH3 is 1. The van der Waals surface area contributed by atoms with E-state index in [1.165, 1.54) is 12.1 Å². The van der Waals surface area contributed by atoms with Gasteiger partial charge in [-0.2, -0.15) is 0 Å². The minimum absolute atomic E-state index is 0.286. The van der Waals surface area contributed by atoms with E-state index in [-0.39, 0.29) is 11.9 Å². The lowest BCUT2D eigenvalue weighted by molar-refractivity contribution is -0.00430. The van der Waals surface area contributed by atoms with E-state index in [1.54, 1.807) is 19.2 Å². The van der Waals surface area contributed by atoms with E-state index in [4.69, 9.17) is 19.9 Å². The molecule has 5 heteroatoms. The molecule has 0 saturated carbocycles. The largest absolute Gasteiger partial charge is 0.382 e. The van der Waals surface area contributed by atoms with Crippen LogP contribution in [-0.2, 0) is 14.2 Å². The molecule has 0 aliphatic rings. The fourth-order valence-electron chi connectivity index (χ4n) is 1.50. The van der Waals surface area contributed by atoms with Gasteiger partial charge in [0.2, 0.25) is 0 Å². The van der Waals surface area contributed by atoms with E-state index >= 15 is 0 Å². The molecule has 0 bridgehead atoms. The van der Waals surface area contributed by atoms with Gasteiger partial charge in [0.25, 0.3) is 0 Å². The Bertz CT molecular complexity index is 336. The third-order valence-electron chi connectivity index (χ3n) is 2.41. The average Bonchev–Trinajstić information content (AvgIpc) is 2.38. The molecule has 1 atom stereocenters. The maximum absolute atomic E-state index is 13.1. The lowest BCUT2D eigenvalue weighted by atomic mass is 10.1. The normalized spacial score (nSPS) is 12.6. The zero-order chi connectivity index (χ0) is 13.2. The van der Waals surface area contributed by atoms with Crippen molar-refractivity contribution < 1.29 is 18.6 Å². The molecule has 1 unspecified atom stereocenters. The standard InChI is InChI=1S/C13H20FNO3/c1-16-5-6-17-7-8-18-13(10-15)11-3-2-4-12(14)9-11/h2-4,9,13H,5-8,10,15H2,1H3. The lowest BCUT2D eigenvalue weighted by Gasteiger charge is -2.16. The number of hydrogen-bond donors (Lipinski definition) is 1. The van der Waals surface area contributed by atoms with Gasteiger partial charge in [0.1, 0.15) is 5.82 Å². The molecule has 0 saturated heterocycles.